The highest BCUT2D eigenvalue weighted by Crippen LogP contribution is 2.44. The van der Waals surface area contributed by atoms with Crippen LogP contribution in [0.1, 0.15) is 58.0 Å². The number of amides is 1. The number of anilines is 1. The SMILES string of the molecule is COC(=O)c1cnc(C2CN(C(=O)c3c(C)oc4ncnc(N(C)C5(C)CC5)c34)C2)nc1. The van der Waals surface area contributed by atoms with Gasteiger partial charge in [0.25, 0.3) is 5.91 Å². The van der Waals surface area contributed by atoms with Gasteiger partial charge in [-0.3, -0.25) is 4.79 Å². The van der Waals surface area contributed by atoms with Crippen molar-refractivity contribution in [3.05, 3.63) is 41.4 Å². The van der Waals surface area contributed by atoms with Crippen molar-refractivity contribution in [2.24, 2.45) is 0 Å². The molecule has 166 valence electrons. The quantitative estimate of drug-likeness (QED) is 0.556. The van der Waals surface area contributed by atoms with Gasteiger partial charge in [-0.1, -0.05) is 0 Å². The molecule has 0 bridgehead atoms. The maximum Gasteiger partial charge on any atom is 0.341 e. The number of hydrogen-bond acceptors (Lipinski definition) is 9. The number of esters is 1. The van der Waals surface area contributed by atoms with Crippen molar-refractivity contribution in [3.8, 4) is 0 Å². The molecule has 0 unspecified atom stereocenters. The van der Waals surface area contributed by atoms with Crippen LogP contribution >= 0.6 is 0 Å². The zero-order valence-electron chi connectivity index (χ0n) is 18.5. The van der Waals surface area contributed by atoms with Gasteiger partial charge in [0.05, 0.1) is 29.5 Å². The Balaban J connectivity index is 1.38. The van der Waals surface area contributed by atoms with Gasteiger partial charge in [0.15, 0.2) is 0 Å². The van der Waals surface area contributed by atoms with Crippen molar-refractivity contribution >= 4 is 28.8 Å². The second-order valence-corrected chi connectivity index (χ2v) is 8.70. The van der Waals surface area contributed by atoms with Gasteiger partial charge in [0.2, 0.25) is 5.71 Å². The van der Waals surface area contributed by atoms with E-state index in [0.717, 1.165) is 12.8 Å². The minimum Gasteiger partial charge on any atom is -0.465 e. The molecule has 1 saturated carbocycles. The standard InChI is InChI=1S/C22H24N6O4/c1-12-15(16-18(25-11-26-19(16)32-12)27(3)22(2)5-6-22)20(29)28-9-14(10-28)17-23-7-13(8-24-17)21(30)31-4/h7-8,11,14H,5-6,9-10H2,1-4H3. The molecule has 2 fully saturated rings. The lowest BCUT2D eigenvalue weighted by Gasteiger charge is -2.38. The van der Waals surface area contributed by atoms with Crippen molar-refractivity contribution in [3.63, 3.8) is 0 Å². The summed E-state index contributed by atoms with van der Waals surface area (Å²) in [5.74, 6) is 1.26. The zero-order valence-corrected chi connectivity index (χ0v) is 18.5. The second-order valence-electron chi connectivity index (χ2n) is 8.70. The first kappa shape index (κ1) is 20.3. The number of rotatable bonds is 5. The molecule has 0 radical (unpaired) electrons. The number of hydrogen-bond donors (Lipinski definition) is 0. The van der Waals surface area contributed by atoms with Gasteiger partial charge in [0, 0.05) is 38.1 Å². The van der Waals surface area contributed by atoms with Gasteiger partial charge in [-0.25, -0.2) is 24.7 Å². The lowest BCUT2D eigenvalue weighted by molar-refractivity contribution is 0.0594. The third-order valence-electron chi connectivity index (χ3n) is 6.59. The summed E-state index contributed by atoms with van der Waals surface area (Å²) in [5.41, 5.74) is 1.27. The number of fused-ring (bicyclic) bond motifs is 1. The Labute approximate surface area is 184 Å². The molecule has 1 aliphatic carbocycles. The number of carbonyl (C=O) groups excluding carboxylic acids is 2. The number of aryl methyl sites for hydroxylation is 1. The van der Waals surface area contributed by atoms with Crippen LogP contribution < -0.4 is 4.90 Å². The average molecular weight is 436 g/mol. The van der Waals surface area contributed by atoms with Crippen LogP contribution in [0.5, 0.6) is 0 Å². The van der Waals surface area contributed by atoms with E-state index >= 15 is 0 Å². The van der Waals surface area contributed by atoms with E-state index in [-0.39, 0.29) is 17.4 Å². The Morgan fingerprint density at radius 1 is 1.19 bits per heavy atom. The summed E-state index contributed by atoms with van der Waals surface area (Å²) in [6, 6.07) is 0. The molecule has 3 aromatic rings. The highest BCUT2D eigenvalue weighted by atomic mass is 16.5. The van der Waals surface area contributed by atoms with Gasteiger partial charge in [-0.15, -0.1) is 0 Å². The van der Waals surface area contributed by atoms with Crippen LogP contribution in [0, 0.1) is 6.92 Å². The summed E-state index contributed by atoms with van der Waals surface area (Å²) in [7, 11) is 3.31. The van der Waals surface area contributed by atoms with Gasteiger partial charge < -0.3 is 19.0 Å². The summed E-state index contributed by atoms with van der Waals surface area (Å²) in [4.78, 5) is 46.1. The Morgan fingerprint density at radius 2 is 1.88 bits per heavy atom. The van der Waals surface area contributed by atoms with Crippen LogP contribution in [0.3, 0.4) is 0 Å². The predicted molar refractivity (Wildman–Crippen MR) is 115 cm³/mol. The molecule has 2 aliphatic rings. The second kappa shape index (κ2) is 7.25. The minimum atomic E-state index is -0.479. The summed E-state index contributed by atoms with van der Waals surface area (Å²) in [5, 5.41) is 0.660. The predicted octanol–water partition coefficient (Wildman–Crippen LogP) is 2.34. The average Bonchev–Trinajstić information content (AvgIpc) is 3.42. The van der Waals surface area contributed by atoms with Crippen molar-refractivity contribution in [2.75, 3.05) is 32.1 Å². The first-order valence-corrected chi connectivity index (χ1v) is 10.5. The lowest BCUT2D eigenvalue weighted by atomic mass is 9.97. The number of ether oxygens (including phenoxy) is 1. The lowest BCUT2D eigenvalue weighted by Crippen LogP contribution is -2.49. The van der Waals surface area contributed by atoms with Gasteiger partial charge in [0.1, 0.15) is 23.7 Å². The fourth-order valence-electron chi connectivity index (χ4n) is 4.05. The van der Waals surface area contributed by atoms with E-state index in [4.69, 9.17) is 4.42 Å². The van der Waals surface area contributed by atoms with E-state index in [9.17, 15) is 9.59 Å². The topological polar surface area (TPSA) is 115 Å². The van der Waals surface area contributed by atoms with E-state index in [2.05, 4.69) is 36.5 Å². The van der Waals surface area contributed by atoms with E-state index < -0.39 is 5.97 Å². The molecule has 1 amide bonds. The number of nitrogens with zero attached hydrogens (tertiary/aromatic N) is 6. The van der Waals surface area contributed by atoms with Crippen LogP contribution in [-0.4, -0.2) is 69.5 Å². The summed E-state index contributed by atoms with van der Waals surface area (Å²) in [6.45, 7) is 4.93. The monoisotopic (exact) mass is 436 g/mol. The molecular formula is C22H24N6O4. The van der Waals surface area contributed by atoms with Gasteiger partial charge >= 0.3 is 5.97 Å². The molecule has 1 aliphatic heterocycles. The van der Waals surface area contributed by atoms with Gasteiger partial charge in [-0.05, 0) is 26.7 Å². The maximum absolute atomic E-state index is 13.4. The number of furan rings is 1. The summed E-state index contributed by atoms with van der Waals surface area (Å²) >= 11 is 0. The van der Waals surface area contributed by atoms with Gasteiger partial charge in [-0.2, -0.15) is 0 Å². The number of carbonyl (C=O) groups is 2. The Kier molecular flexibility index (Phi) is 4.61. The molecule has 5 rings (SSSR count). The largest absolute Gasteiger partial charge is 0.465 e. The molecule has 0 N–H and O–H groups in total. The summed E-state index contributed by atoms with van der Waals surface area (Å²) < 4.78 is 10.5. The number of aromatic nitrogens is 4. The van der Waals surface area contributed by atoms with E-state index in [0.29, 0.717) is 52.7 Å². The molecular weight excluding hydrogens is 412 g/mol. The molecule has 4 heterocycles. The highest BCUT2D eigenvalue weighted by Gasteiger charge is 2.44. The fraction of sp³-hybridized carbons (Fsp3) is 0.455. The third kappa shape index (κ3) is 3.17. The molecule has 1 saturated heterocycles. The van der Waals surface area contributed by atoms with Crippen LogP contribution in [-0.2, 0) is 4.74 Å². The van der Waals surface area contributed by atoms with Crippen LogP contribution in [0.25, 0.3) is 11.1 Å². The molecule has 32 heavy (non-hydrogen) atoms. The zero-order chi connectivity index (χ0) is 22.6. The minimum absolute atomic E-state index is 0.00730. The van der Waals surface area contributed by atoms with E-state index in [1.807, 2.05) is 7.05 Å². The Hall–Kier alpha value is -3.56. The van der Waals surface area contributed by atoms with E-state index in [1.54, 1.807) is 11.8 Å². The first-order chi connectivity index (χ1) is 15.3. The number of likely N-dealkylation sites (tertiary alicyclic amines) is 1. The molecule has 3 aromatic heterocycles. The van der Waals surface area contributed by atoms with Crippen LogP contribution in [0.4, 0.5) is 5.82 Å². The van der Waals surface area contributed by atoms with Crippen molar-refractivity contribution in [1.82, 2.24) is 24.8 Å². The molecule has 0 atom stereocenters. The van der Waals surface area contributed by atoms with Crippen LogP contribution in [0.15, 0.2) is 23.1 Å². The summed E-state index contributed by atoms with van der Waals surface area (Å²) in [6.07, 6.45) is 6.54. The molecule has 10 nitrogen and oxygen atoms in total. The number of methoxy groups -OCH3 is 1. The Bertz CT molecular complexity index is 1210. The fourth-order valence-corrected chi connectivity index (χ4v) is 4.05. The van der Waals surface area contributed by atoms with Crippen molar-refractivity contribution < 1.29 is 18.7 Å². The first-order valence-electron chi connectivity index (χ1n) is 10.5. The Morgan fingerprint density at radius 3 is 2.50 bits per heavy atom. The maximum atomic E-state index is 13.4. The van der Waals surface area contributed by atoms with Crippen LogP contribution in [0.2, 0.25) is 0 Å². The van der Waals surface area contributed by atoms with E-state index in [1.165, 1.54) is 25.8 Å². The smallest absolute Gasteiger partial charge is 0.341 e. The van der Waals surface area contributed by atoms with Crippen molar-refractivity contribution in [1.29, 1.82) is 0 Å². The molecule has 10 heteroatoms. The normalized spacial score (nSPS) is 17.2. The van der Waals surface area contributed by atoms with Crippen molar-refractivity contribution in [2.45, 2.75) is 38.1 Å². The highest BCUT2D eigenvalue weighted by molar-refractivity contribution is 6.10. The third-order valence-corrected chi connectivity index (χ3v) is 6.59. The molecule has 0 spiro atoms. The molecule has 0 aromatic carbocycles.